The van der Waals surface area contributed by atoms with Crippen molar-refractivity contribution in [3.8, 4) is 16.9 Å². The van der Waals surface area contributed by atoms with Gasteiger partial charge >= 0.3 is 11.9 Å². The Kier molecular flexibility index (Phi) is 4.61. The molecule has 0 spiro atoms. The van der Waals surface area contributed by atoms with Crippen molar-refractivity contribution in [3.63, 3.8) is 0 Å². The highest BCUT2D eigenvalue weighted by atomic mass is 16.5. The van der Waals surface area contributed by atoms with E-state index in [0.717, 1.165) is 11.1 Å². The van der Waals surface area contributed by atoms with Crippen LogP contribution in [-0.2, 0) is 0 Å². The van der Waals surface area contributed by atoms with Crippen LogP contribution in [0.3, 0.4) is 0 Å². The SMILES string of the molecule is Cc1ccccc1C(=O)Oc1ccc(-c2ccccc2C(=O)O)cc1. The molecule has 3 aromatic carbocycles. The number of carbonyl (C=O) groups excluding carboxylic acids is 1. The minimum atomic E-state index is -0.981. The van der Waals surface area contributed by atoms with Crippen molar-refractivity contribution in [3.05, 3.63) is 89.5 Å². The quantitative estimate of drug-likeness (QED) is 0.561. The predicted octanol–water partition coefficient (Wildman–Crippen LogP) is 4.58. The number of hydrogen-bond acceptors (Lipinski definition) is 3. The van der Waals surface area contributed by atoms with Gasteiger partial charge in [0.05, 0.1) is 11.1 Å². The van der Waals surface area contributed by atoms with Crippen LogP contribution in [0.5, 0.6) is 5.75 Å². The van der Waals surface area contributed by atoms with Crippen LogP contribution >= 0.6 is 0 Å². The fourth-order valence-corrected chi connectivity index (χ4v) is 2.59. The molecule has 0 atom stereocenters. The average molecular weight is 332 g/mol. The molecule has 4 nitrogen and oxygen atoms in total. The highest BCUT2D eigenvalue weighted by Crippen LogP contribution is 2.26. The maximum atomic E-state index is 12.2. The second-order valence-corrected chi connectivity index (χ2v) is 5.58. The normalized spacial score (nSPS) is 10.3. The van der Waals surface area contributed by atoms with Gasteiger partial charge < -0.3 is 9.84 Å². The van der Waals surface area contributed by atoms with Crippen LogP contribution in [0.2, 0.25) is 0 Å². The smallest absolute Gasteiger partial charge is 0.343 e. The van der Waals surface area contributed by atoms with Gasteiger partial charge in [0.2, 0.25) is 0 Å². The molecule has 0 saturated heterocycles. The van der Waals surface area contributed by atoms with E-state index in [1.807, 2.05) is 19.1 Å². The Morgan fingerprint density at radius 1 is 0.800 bits per heavy atom. The van der Waals surface area contributed by atoms with Gasteiger partial charge in [-0.15, -0.1) is 0 Å². The highest BCUT2D eigenvalue weighted by molar-refractivity contribution is 5.96. The van der Waals surface area contributed by atoms with Gasteiger partial charge in [0.15, 0.2) is 0 Å². The molecule has 1 N–H and O–H groups in total. The van der Waals surface area contributed by atoms with E-state index in [1.165, 1.54) is 0 Å². The molecule has 4 heteroatoms. The third-order valence-electron chi connectivity index (χ3n) is 3.90. The van der Waals surface area contributed by atoms with Gasteiger partial charge in [0.1, 0.15) is 5.75 Å². The van der Waals surface area contributed by atoms with E-state index in [4.69, 9.17) is 4.74 Å². The van der Waals surface area contributed by atoms with Gasteiger partial charge in [0.25, 0.3) is 0 Å². The standard InChI is InChI=1S/C21H16O4/c1-14-6-2-3-7-17(14)21(24)25-16-12-10-15(11-13-16)18-8-4-5-9-19(18)20(22)23/h2-13H,1H3,(H,22,23). The van der Waals surface area contributed by atoms with Crippen LogP contribution in [0.25, 0.3) is 11.1 Å². The van der Waals surface area contributed by atoms with Gasteiger partial charge in [-0.2, -0.15) is 0 Å². The van der Waals surface area contributed by atoms with Crippen molar-refractivity contribution >= 4 is 11.9 Å². The summed E-state index contributed by atoms with van der Waals surface area (Å²) in [6.45, 7) is 1.85. The summed E-state index contributed by atoms with van der Waals surface area (Å²) in [7, 11) is 0. The molecular weight excluding hydrogens is 316 g/mol. The Morgan fingerprint density at radius 3 is 2.04 bits per heavy atom. The van der Waals surface area contributed by atoms with Gasteiger partial charge in [-0.05, 0) is 47.9 Å². The van der Waals surface area contributed by atoms with E-state index in [2.05, 4.69) is 0 Å². The first-order valence-electron chi connectivity index (χ1n) is 7.77. The van der Waals surface area contributed by atoms with Crippen molar-refractivity contribution in [1.29, 1.82) is 0 Å². The summed E-state index contributed by atoms with van der Waals surface area (Å²) in [4.78, 5) is 23.6. The van der Waals surface area contributed by atoms with Crippen LogP contribution in [0, 0.1) is 6.92 Å². The Balaban J connectivity index is 1.83. The number of carboxylic acids is 1. The lowest BCUT2D eigenvalue weighted by Gasteiger charge is -2.09. The number of rotatable bonds is 4. The first kappa shape index (κ1) is 16.5. The van der Waals surface area contributed by atoms with Gasteiger partial charge in [-0.25, -0.2) is 9.59 Å². The molecule has 0 amide bonds. The number of carboxylic acid groups (broad SMARTS) is 1. The molecule has 0 aromatic heterocycles. The zero-order valence-electron chi connectivity index (χ0n) is 13.6. The van der Waals surface area contributed by atoms with Crippen LogP contribution in [0.15, 0.2) is 72.8 Å². The molecule has 0 radical (unpaired) electrons. The molecular formula is C21H16O4. The minimum Gasteiger partial charge on any atom is -0.478 e. The van der Waals surface area contributed by atoms with Crippen molar-refractivity contribution in [2.75, 3.05) is 0 Å². The molecule has 0 fully saturated rings. The monoisotopic (exact) mass is 332 g/mol. The van der Waals surface area contributed by atoms with Crippen molar-refractivity contribution in [2.24, 2.45) is 0 Å². The van der Waals surface area contributed by atoms with Crippen LogP contribution in [0.4, 0.5) is 0 Å². The molecule has 3 rings (SSSR count). The molecule has 0 bridgehead atoms. The lowest BCUT2D eigenvalue weighted by atomic mass is 10.00. The fourth-order valence-electron chi connectivity index (χ4n) is 2.59. The zero-order chi connectivity index (χ0) is 17.8. The number of ether oxygens (including phenoxy) is 1. The van der Waals surface area contributed by atoms with Crippen LogP contribution < -0.4 is 4.74 Å². The predicted molar refractivity (Wildman–Crippen MR) is 95.0 cm³/mol. The van der Waals surface area contributed by atoms with Crippen molar-refractivity contribution < 1.29 is 19.4 Å². The van der Waals surface area contributed by atoms with E-state index in [1.54, 1.807) is 60.7 Å². The number of hydrogen-bond donors (Lipinski definition) is 1. The number of aromatic carboxylic acids is 1. The number of aryl methyl sites for hydroxylation is 1. The summed E-state index contributed by atoms with van der Waals surface area (Å²) in [5.41, 5.74) is 2.95. The lowest BCUT2D eigenvalue weighted by molar-refractivity contribution is 0.0695. The summed E-state index contributed by atoms with van der Waals surface area (Å²) in [5, 5.41) is 9.28. The number of benzene rings is 3. The second kappa shape index (κ2) is 7.01. The fraction of sp³-hybridized carbons (Fsp3) is 0.0476. The molecule has 25 heavy (non-hydrogen) atoms. The molecule has 0 aliphatic carbocycles. The average Bonchev–Trinajstić information content (AvgIpc) is 2.62. The maximum absolute atomic E-state index is 12.2. The van der Waals surface area contributed by atoms with E-state index < -0.39 is 11.9 Å². The van der Waals surface area contributed by atoms with Gasteiger partial charge in [-0.3, -0.25) is 0 Å². The van der Waals surface area contributed by atoms with E-state index >= 15 is 0 Å². The Bertz CT molecular complexity index is 927. The third-order valence-corrected chi connectivity index (χ3v) is 3.90. The molecule has 124 valence electrons. The summed E-state index contributed by atoms with van der Waals surface area (Å²) < 4.78 is 5.39. The molecule has 0 saturated carbocycles. The summed E-state index contributed by atoms with van der Waals surface area (Å²) >= 11 is 0. The Morgan fingerprint density at radius 2 is 1.40 bits per heavy atom. The molecule has 3 aromatic rings. The van der Waals surface area contributed by atoms with E-state index in [9.17, 15) is 14.7 Å². The number of carbonyl (C=O) groups is 2. The lowest BCUT2D eigenvalue weighted by Crippen LogP contribution is -2.10. The minimum absolute atomic E-state index is 0.229. The Hall–Kier alpha value is -3.40. The van der Waals surface area contributed by atoms with Gasteiger partial charge in [-0.1, -0.05) is 48.5 Å². The highest BCUT2D eigenvalue weighted by Gasteiger charge is 2.13. The second-order valence-electron chi connectivity index (χ2n) is 5.58. The summed E-state index contributed by atoms with van der Waals surface area (Å²) in [6, 6.07) is 20.8. The van der Waals surface area contributed by atoms with Crippen molar-refractivity contribution in [1.82, 2.24) is 0 Å². The maximum Gasteiger partial charge on any atom is 0.343 e. The first-order chi connectivity index (χ1) is 12.1. The molecule has 0 aliphatic rings. The Labute approximate surface area is 145 Å². The van der Waals surface area contributed by atoms with Crippen LogP contribution in [0.1, 0.15) is 26.3 Å². The summed E-state index contributed by atoms with van der Waals surface area (Å²) in [5.74, 6) is -0.993. The summed E-state index contributed by atoms with van der Waals surface area (Å²) in [6.07, 6.45) is 0. The molecule has 0 unspecified atom stereocenters. The zero-order valence-corrected chi connectivity index (χ0v) is 13.6. The van der Waals surface area contributed by atoms with Crippen molar-refractivity contribution in [2.45, 2.75) is 6.92 Å². The number of esters is 1. The van der Waals surface area contributed by atoms with Crippen LogP contribution in [-0.4, -0.2) is 17.0 Å². The van der Waals surface area contributed by atoms with Gasteiger partial charge in [0, 0.05) is 0 Å². The topological polar surface area (TPSA) is 63.6 Å². The van der Waals surface area contributed by atoms with E-state index in [-0.39, 0.29) is 5.56 Å². The first-order valence-corrected chi connectivity index (χ1v) is 7.77. The largest absolute Gasteiger partial charge is 0.478 e. The molecule has 0 aliphatic heterocycles. The molecule has 0 heterocycles. The third kappa shape index (κ3) is 3.58. The van der Waals surface area contributed by atoms with E-state index in [0.29, 0.717) is 16.9 Å².